The van der Waals surface area contributed by atoms with Crippen molar-refractivity contribution in [3.63, 3.8) is 0 Å². The molecule has 0 aromatic heterocycles. The second-order valence-electron chi connectivity index (χ2n) is 6.09. The predicted octanol–water partition coefficient (Wildman–Crippen LogP) is 3.15. The molecule has 1 fully saturated rings. The van der Waals surface area contributed by atoms with Crippen LogP contribution in [0.5, 0.6) is 0 Å². The molecule has 130 valence electrons. The number of alkyl halides is 3. The quantitative estimate of drug-likeness (QED) is 0.839. The molecular formula is C17H17F3O4. The SMILES string of the molecule is CC1(O)OC(=O)C(c2ccccc2C(F)(F)F)=C1C1CCOCC1. The van der Waals surface area contributed by atoms with Gasteiger partial charge in [0.2, 0.25) is 5.79 Å². The van der Waals surface area contributed by atoms with Gasteiger partial charge in [0.25, 0.3) is 0 Å². The third-order valence-electron chi connectivity index (χ3n) is 4.40. The molecule has 24 heavy (non-hydrogen) atoms. The Labute approximate surface area is 136 Å². The molecule has 7 heteroatoms. The first-order valence-electron chi connectivity index (χ1n) is 7.66. The summed E-state index contributed by atoms with van der Waals surface area (Å²) in [6, 6.07) is 4.85. The molecule has 0 spiro atoms. The number of rotatable bonds is 2. The Morgan fingerprint density at radius 2 is 1.83 bits per heavy atom. The topological polar surface area (TPSA) is 55.8 Å². The van der Waals surface area contributed by atoms with Crippen LogP contribution in [-0.2, 0) is 20.4 Å². The Morgan fingerprint density at radius 3 is 2.46 bits per heavy atom. The highest BCUT2D eigenvalue weighted by Crippen LogP contribution is 2.46. The van der Waals surface area contributed by atoms with Crippen molar-refractivity contribution in [2.75, 3.05) is 13.2 Å². The third kappa shape index (κ3) is 2.93. The first kappa shape index (κ1) is 17.0. The highest BCUT2D eigenvalue weighted by Gasteiger charge is 2.48. The van der Waals surface area contributed by atoms with Crippen LogP contribution in [0, 0.1) is 5.92 Å². The average Bonchev–Trinajstić information content (AvgIpc) is 2.76. The second kappa shape index (κ2) is 5.89. The van der Waals surface area contributed by atoms with E-state index < -0.39 is 23.5 Å². The number of hydrogen-bond acceptors (Lipinski definition) is 4. The van der Waals surface area contributed by atoms with Crippen molar-refractivity contribution in [3.8, 4) is 0 Å². The molecule has 1 atom stereocenters. The van der Waals surface area contributed by atoms with Crippen LogP contribution in [0.4, 0.5) is 13.2 Å². The zero-order chi connectivity index (χ0) is 17.5. The highest BCUT2D eigenvalue weighted by atomic mass is 19.4. The summed E-state index contributed by atoms with van der Waals surface area (Å²) in [5, 5.41) is 10.5. The fourth-order valence-electron chi connectivity index (χ4n) is 3.40. The highest BCUT2D eigenvalue weighted by molar-refractivity contribution is 6.20. The first-order chi connectivity index (χ1) is 11.2. The molecule has 2 aliphatic heterocycles. The Morgan fingerprint density at radius 1 is 1.21 bits per heavy atom. The first-order valence-corrected chi connectivity index (χ1v) is 7.66. The van der Waals surface area contributed by atoms with Gasteiger partial charge in [-0.2, -0.15) is 13.2 Å². The summed E-state index contributed by atoms with van der Waals surface area (Å²) >= 11 is 0. The Bertz CT molecular complexity index is 685. The molecule has 1 aromatic carbocycles. The molecule has 1 N–H and O–H groups in total. The molecule has 0 amide bonds. The van der Waals surface area contributed by atoms with Crippen LogP contribution < -0.4 is 0 Å². The van der Waals surface area contributed by atoms with Gasteiger partial charge in [0.05, 0.1) is 11.1 Å². The maximum absolute atomic E-state index is 13.3. The minimum atomic E-state index is -4.61. The number of carbonyl (C=O) groups excluding carboxylic acids is 1. The van der Waals surface area contributed by atoms with Crippen molar-refractivity contribution in [2.24, 2.45) is 5.92 Å². The van der Waals surface area contributed by atoms with E-state index in [4.69, 9.17) is 9.47 Å². The van der Waals surface area contributed by atoms with E-state index in [0.29, 0.717) is 26.1 Å². The smallest absolute Gasteiger partial charge is 0.417 e. The fraction of sp³-hybridized carbons (Fsp3) is 0.471. The third-order valence-corrected chi connectivity index (χ3v) is 4.40. The molecule has 1 aromatic rings. The summed E-state index contributed by atoms with van der Waals surface area (Å²) in [4.78, 5) is 12.3. The number of cyclic esters (lactones) is 1. The van der Waals surface area contributed by atoms with Gasteiger partial charge in [-0.15, -0.1) is 0 Å². The lowest BCUT2D eigenvalue weighted by atomic mass is 9.82. The molecular weight excluding hydrogens is 325 g/mol. The number of hydrogen-bond donors (Lipinski definition) is 1. The molecule has 1 unspecified atom stereocenters. The summed E-state index contributed by atoms with van der Waals surface area (Å²) in [5.74, 6) is -3.11. The summed E-state index contributed by atoms with van der Waals surface area (Å²) in [6.07, 6.45) is -3.58. The molecule has 0 saturated carbocycles. The van der Waals surface area contributed by atoms with Gasteiger partial charge in [0.1, 0.15) is 0 Å². The van der Waals surface area contributed by atoms with E-state index in [2.05, 4.69) is 0 Å². The summed E-state index contributed by atoms with van der Waals surface area (Å²) < 4.78 is 50.2. The van der Waals surface area contributed by atoms with Crippen LogP contribution in [-0.4, -0.2) is 30.1 Å². The van der Waals surface area contributed by atoms with E-state index in [9.17, 15) is 23.1 Å². The van der Waals surface area contributed by atoms with E-state index in [1.54, 1.807) is 0 Å². The molecule has 2 aliphatic rings. The second-order valence-corrected chi connectivity index (χ2v) is 6.09. The van der Waals surface area contributed by atoms with Crippen molar-refractivity contribution in [1.82, 2.24) is 0 Å². The van der Waals surface area contributed by atoms with Gasteiger partial charge in [-0.25, -0.2) is 4.79 Å². The number of benzene rings is 1. The monoisotopic (exact) mass is 342 g/mol. The lowest BCUT2D eigenvalue weighted by molar-refractivity contribution is -0.176. The van der Waals surface area contributed by atoms with Crippen LogP contribution in [0.2, 0.25) is 0 Å². The van der Waals surface area contributed by atoms with Crippen LogP contribution in [0.1, 0.15) is 30.9 Å². The minimum Gasteiger partial charge on any atom is -0.426 e. The molecule has 4 nitrogen and oxygen atoms in total. The van der Waals surface area contributed by atoms with Crippen molar-refractivity contribution < 1.29 is 32.5 Å². The Balaban J connectivity index is 2.20. The number of aliphatic hydroxyl groups is 1. The van der Waals surface area contributed by atoms with Gasteiger partial charge >= 0.3 is 12.1 Å². The van der Waals surface area contributed by atoms with Gasteiger partial charge in [0, 0.05) is 31.3 Å². The van der Waals surface area contributed by atoms with Crippen molar-refractivity contribution in [3.05, 3.63) is 41.0 Å². The zero-order valence-electron chi connectivity index (χ0n) is 13.0. The van der Waals surface area contributed by atoms with Gasteiger partial charge in [-0.05, 0) is 24.8 Å². The summed E-state index contributed by atoms with van der Waals surface area (Å²) in [5.41, 5.74) is -1.14. The van der Waals surface area contributed by atoms with E-state index in [0.717, 1.165) is 6.07 Å². The normalized spacial score (nSPS) is 26.0. The molecule has 0 radical (unpaired) electrons. The standard InChI is InChI=1S/C17H17F3O4/c1-16(22)14(10-6-8-23-9-7-10)13(15(21)24-16)11-4-2-3-5-12(11)17(18,19)20/h2-5,10,22H,6-9H2,1H3. The van der Waals surface area contributed by atoms with Crippen molar-refractivity contribution >= 4 is 11.5 Å². The largest absolute Gasteiger partial charge is 0.426 e. The molecule has 3 rings (SSSR count). The van der Waals surface area contributed by atoms with Gasteiger partial charge in [-0.3, -0.25) is 0 Å². The van der Waals surface area contributed by atoms with Crippen molar-refractivity contribution in [2.45, 2.75) is 31.7 Å². The fourth-order valence-corrected chi connectivity index (χ4v) is 3.40. The maximum atomic E-state index is 13.3. The van der Waals surface area contributed by atoms with Crippen LogP contribution in [0.15, 0.2) is 29.8 Å². The number of halogens is 3. The van der Waals surface area contributed by atoms with Crippen LogP contribution in [0.25, 0.3) is 5.57 Å². The lowest BCUT2D eigenvalue weighted by Crippen LogP contribution is -2.33. The Kier molecular flexibility index (Phi) is 4.17. The van der Waals surface area contributed by atoms with Gasteiger partial charge < -0.3 is 14.6 Å². The van der Waals surface area contributed by atoms with E-state index in [1.165, 1.54) is 25.1 Å². The van der Waals surface area contributed by atoms with Crippen LogP contribution >= 0.6 is 0 Å². The van der Waals surface area contributed by atoms with E-state index in [-0.39, 0.29) is 22.6 Å². The Hall–Kier alpha value is -1.86. The van der Waals surface area contributed by atoms with Gasteiger partial charge in [0.15, 0.2) is 0 Å². The minimum absolute atomic E-state index is 0.181. The molecule has 2 heterocycles. The summed E-state index contributed by atoms with van der Waals surface area (Å²) in [7, 11) is 0. The van der Waals surface area contributed by atoms with E-state index >= 15 is 0 Å². The molecule has 0 bridgehead atoms. The van der Waals surface area contributed by atoms with Crippen LogP contribution in [0.3, 0.4) is 0 Å². The number of ether oxygens (including phenoxy) is 2. The van der Waals surface area contributed by atoms with E-state index in [1.807, 2.05) is 0 Å². The number of carbonyl (C=O) groups is 1. The number of esters is 1. The van der Waals surface area contributed by atoms with Crippen molar-refractivity contribution in [1.29, 1.82) is 0 Å². The predicted molar refractivity (Wildman–Crippen MR) is 78.6 cm³/mol. The average molecular weight is 342 g/mol. The lowest BCUT2D eigenvalue weighted by Gasteiger charge is -2.29. The summed E-state index contributed by atoms with van der Waals surface area (Å²) in [6.45, 7) is 2.14. The molecule has 0 aliphatic carbocycles. The van der Waals surface area contributed by atoms with Gasteiger partial charge in [-0.1, -0.05) is 18.2 Å². The maximum Gasteiger partial charge on any atom is 0.417 e. The molecule has 1 saturated heterocycles. The zero-order valence-corrected chi connectivity index (χ0v) is 13.0.